The Morgan fingerprint density at radius 3 is 2.82 bits per heavy atom. The molecule has 33 heavy (non-hydrogen) atoms. The van der Waals surface area contributed by atoms with Gasteiger partial charge in [0.05, 0.1) is 22.7 Å². The maximum absolute atomic E-state index is 13.4. The number of aryl methyl sites for hydroxylation is 1. The zero-order chi connectivity index (χ0) is 23.2. The van der Waals surface area contributed by atoms with Crippen molar-refractivity contribution < 1.29 is 12.8 Å². The average Bonchev–Trinajstić information content (AvgIpc) is 3.20. The predicted molar refractivity (Wildman–Crippen MR) is 125 cm³/mol. The van der Waals surface area contributed by atoms with Crippen LogP contribution in [0.5, 0.6) is 0 Å². The van der Waals surface area contributed by atoms with Crippen LogP contribution >= 0.6 is 0 Å². The smallest absolute Gasteiger partial charge is 0.263 e. The van der Waals surface area contributed by atoms with Crippen molar-refractivity contribution in [2.45, 2.75) is 37.8 Å². The van der Waals surface area contributed by atoms with Crippen molar-refractivity contribution in [3.8, 4) is 0 Å². The maximum atomic E-state index is 13.4. The number of rotatable bonds is 5. The van der Waals surface area contributed by atoms with Crippen LogP contribution < -0.4 is 10.0 Å². The third kappa shape index (κ3) is 3.98. The second-order valence-electron chi connectivity index (χ2n) is 8.30. The lowest BCUT2D eigenvalue weighted by atomic mass is 9.92. The van der Waals surface area contributed by atoms with Gasteiger partial charge in [0.2, 0.25) is 5.95 Å². The molecular formula is C24H24FN5O2S. The summed E-state index contributed by atoms with van der Waals surface area (Å²) in [7, 11) is -3.95. The number of aromatic nitrogens is 3. The summed E-state index contributed by atoms with van der Waals surface area (Å²) in [6, 6.07) is 13.8. The van der Waals surface area contributed by atoms with E-state index in [1.54, 1.807) is 19.2 Å². The number of sulfonamides is 1. The molecule has 1 atom stereocenters. The van der Waals surface area contributed by atoms with Gasteiger partial charge in [0.15, 0.2) is 0 Å². The van der Waals surface area contributed by atoms with Gasteiger partial charge in [-0.05, 0) is 73.3 Å². The highest BCUT2D eigenvalue weighted by Crippen LogP contribution is 2.31. The van der Waals surface area contributed by atoms with Crippen LogP contribution in [0.4, 0.5) is 10.2 Å². The standard InChI is InChI=1S/C24H24FN5O2S/c1-15-11-21-18(12-22(15)33(31,32)29-24-8-4-7-23(25)28-24)13-27-30(21)16(2)19-6-3-5-17-9-10-26-14-20(17)19/h3-8,11-13,16,26H,9-10,14H2,1-2H3,(H,28,29). The van der Waals surface area contributed by atoms with Crippen molar-refractivity contribution >= 4 is 26.7 Å². The van der Waals surface area contributed by atoms with Crippen molar-refractivity contribution in [2.24, 2.45) is 0 Å². The maximum Gasteiger partial charge on any atom is 0.263 e. The molecule has 0 aliphatic carbocycles. The number of pyridine rings is 1. The Balaban J connectivity index is 1.53. The first-order chi connectivity index (χ1) is 15.8. The zero-order valence-corrected chi connectivity index (χ0v) is 19.2. The minimum absolute atomic E-state index is 0.0196. The van der Waals surface area contributed by atoms with Gasteiger partial charge >= 0.3 is 0 Å². The Bertz CT molecular complexity index is 1470. The number of nitrogens with zero attached hydrogens (tertiary/aromatic N) is 3. The summed E-state index contributed by atoms with van der Waals surface area (Å²) in [6.07, 6.45) is 2.68. The van der Waals surface area contributed by atoms with Gasteiger partial charge in [0.25, 0.3) is 10.0 Å². The Morgan fingerprint density at radius 2 is 2.00 bits per heavy atom. The van der Waals surface area contributed by atoms with Gasteiger partial charge in [-0.2, -0.15) is 9.49 Å². The summed E-state index contributed by atoms with van der Waals surface area (Å²) in [6.45, 7) is 5.65. The average molecular weight is 466 g/mol. The summed E-state index contributed by atoms with van der Waals surface area (Å²) < 4.78 is 43.7. The fourth-order valence-corrected chi connectivity index (χ4v) is 5.76. The number of benzene rings is 2. The van der Waals surface area contributed by atoms with Gasteiger partial charge in [0, 0.05) is 11.9 Å². The second-order valence-corrected chi connectivity index (χ2v) is 9.96. The number of fused-ring (bicyclic) bond motifs is 2. The molecule has 0 saturated heterocycles. The molecular weight excluding hydrogens is 441 g/mol. The first-order valence-corrected chi connectivity index (χ1v) is 12.3. The lowest BCUT2D eigenvalue weighted by molar-refractivity contribution is 0.563. The molecule has 170 valence electrons. The number of nitrogens with one attached hydrogen (secondary N) is 2. The van der Waals surface area contributed by atoms with Crippen LogP contribution in [0.1, 0.15) is 35.2 Å². The molecule has 2 aromatic carbocycles. The first-order valence-electron chi connectivity index (χ1n) is 10.8. The molecule has 0 saturated carbocycles. The van der Waals surface area contributed by atoms with Gasteiger partial charge in [-0.15, -0.1) is 0 Å². The molecule has 7 nitrogen and oxygen atoms in total. The lowest BCUT2D eigenvalue weighted by Crippen LogP contribution is -2.26. The van der Waals surface area contributed by atoms with Gasteiger partial charge in [0.1, 0.15) is 5.82 Å². The fraction of sp³-hybridized carbons (Fsp3) is 0.250. The topological polar surface area (TPSA) is 88.9 Å². The molecule has 0 bridgehead atoms. The van der Waals surface area contributed by atoms with E-state index in [0.717, 1.165) is 31.1 Å². The summed E-state index contributed by atoms with van der Waals surface area (Å²) in [5.41, 5.74) is 5.29. The van der Waals surface area contributed by atoms with Crippen LogP contribution in [0.15, 0.2) is 59.6 Å². The fourth-order valence-electron chi connectivity index (χ4n) is 4.50. The SMILES string of the molecule is Cc1cc2c(cnn2C(C)c2cccc3c2CNCC3)cc1S(=O)(=O)Nc1cccc(F)n1. The van der Waals surface area contributed by atoms with Gasteiger partial charge in [-0.25, -0.2) is 13.4 Å². The van der Waals surface area contributed by atoms with E-state index in [9.17, 15) is 12.8 Å². The monoisotopic (exact) mass is 465 g/mol. The van der Waals surface area contributed by atoms with Crippen molar-refractivity contribution in [3.63, 3.8) is 0 Å². The molecule has 4 aromatic rings. The summed E-state index contributed by atoms with van der Waals surface area (Å²) in [5, 5.41) is 8.75. The minimum Gasteiger partial charge on any atom is -0.312 e. The Labute approximate surface area is 191 Å². The van der Waals surface area contributed by atoms with E-state index in [1.807, 2.05) is 10.7 Å². The van der Waals surface area contributed by atoms with E-state index in [1.165, 1.54) is 28.8 Å². The molecule has 0 amide bonds. The predicted octanol–water partition coefficient (Wildman–Crippen LogP) is 3.93. The number of hydrogen-bond donors (Lipinski definition) is 2. The van der Waals surface area contributed by atoms with Crippen LogP contribution in [-0.4, -0.2) is 29.7 Å². The normalized spacial score (nSPS) is 14.8. The van der Waals surface area contributed by atoms with Crippen LogP contribution in [0, 0.1) is 12.9 Å². The first kappa shape index (κ1) is 21.5. The number of halogens is 1. The van der Waals surface area contributed by atoms with Crippen molar-refractivity contribution in [1.29, 1.82) is 0 Å². The van der Waals surface area contributed by atoms with E-state index in [-0.39, 0.29) is 16.8 Å². The molecule has 5 rings (SSSR count). The van der Waals surface area contributed by atoms with Crippen molar-refractivity contribution in [2.75, 3.05) is 11.3 Å². The largest absolute Gasteiger partial charge is 0.312 e. The molecule has 2 N–H and O–H groups in total. The van der Waals surface area contributed by atoms with Gasteiger partial charge < -0.3 is 5.32 Å². The third-order valence-electron chi connectivity index (χ3n) is 6.13. The number of anilines is 1. The van der Waals surface area contributed by atoms with E-state index < -0.39 is 16.0 Å². The molecule has 1 aliphatic rings. The molecule has 0 fully saturated rings. The zero-order valence-electron chi connectivity index (χ0n) is 18.3. The Kier molecular flexibility index (Phi) is 5.38. The molecule has 1 aliphatic heterocycles. The van der Waals surface area contributed by atoms with E-state index in [0.29, 0.717) is 10.9 Å². The second kappa shape index (κ2) is 8.24. The van der Waals surface area contributed by atoms with Crippen molar-refractivity contribution in [3.05, 3.63) is 82.9 Å². The summed E-state index contributed by atoms with van der Waals surface area (Å²) >= 11 is 0. The highest BCUT2D eigenvalue weighted by Gasteiger charge is 2.23. The highest BCUT2D eigenvalue weighted by molar-refractivity contribution is 7.92. The van der Waals surface area contributed by atoms with Gasteiger partial charge in [-0.3, -0.25) is 9.40 Å². The quantitative estimate of drug-likeness (QED) is 0.436. The van der Waals surface area contributed by atoms with Crippen LogP contribution in [0.3, 0.4) is 0 Å². The third-order valence-corrected chi connectivity index (χ3v) is 7.63. The Morgan fingerprint density at radius 1 is 1.18 bits per heavy atom. The van der Waals surface area contributed by atoms with Crippen LogP contribution in [-0.2, 0) is 23.0 Å². The molecule has 0 spiro atoms. The van der Waals surface area contributed by atoms with Gasteiger partial charge in [-0.1, -0.05) is 24.3 Å². The summed E-state index contributed by atoms with van der Waals surface area (Å²) in [5.74, 6) is -0.822. The molecule has 3 heterocycles. The molecule has 0 radical (unpaired) electrons. The van der Waals surface area contributed by atoms with Crippen LogP contribution in [0.25, 0.3) is 10.9 Å². The van der Waals surface area contributed by atoms with E-state index in [2.05, 4.69) is 45.2 Å². The number of hydrogen-bond acceptors (Lipinski definition) is 5. The Hall–Kier alpha value is -3.30. The lowest BCUT2D eigenvalue weighted by Gasteiger charge is -2.24. The minimum atomic E-state index is -3.95. The molecule has 2 aromatic heterocycles. The highest BCUT2D eigenvalue weighted by atomic mass is 32.2. The van der Waals surface area contributed by atoms with E-state index in [4.69, 9.17) is 0 Å². The van der Waals surface area contributed by atoms with Crippen molar-refractivity contribution in [1.82, 2.24) is 20.1 Å². The molecule has 1 unspecified atom stereocenters. The van der Waals surface area contributed by atoms with Crippen LogP contribution in [0.2, 0.25) is 0 Å². The molecule has 9 heteroatoms. The van der Waals surface area contributed by atoms with E-state index >= 15 is 0 Å². The summed E-state index contributed by atoms with van der Waals surface area (Å²) in [4.78, 5) is 3.70.